The minimum atomic E-state index is -0.718. The third-order valence-corrected chi connectivity index (χ3v) is 6.67. The number of carbonyl (C=O) groups excluding carboxylic acids is 3. The van der Waals surface area contributed by atoms with Gasteiger partial charge >= 0.3 is 5.97 Å². The Labute approximate surface area is 165 Å². The van der Waals surface area contributed by atoms with E-state index >= 15 is 0 Å². The van der Waals surface area contributed by atoms with E-state index in [2.05, 4.69) is 0 Å². The Morgan fingerprint density at radius 3 is 2.57 bits per heavy atom. The van der Waals surface area contributed by atoms with Crippen molar-refractivity contribution < 1.29 is 29.3 Å². The van der Waals surface area contributed by atoms with Gasteiger partial charge in [-0.3, -0.25) is 14.4 Å². The molecule has 6 nitrogen and oxygen atoms in total. The van der Waals surface area contributed by atoms with E-state index in [1.54, 1.807) is 0 Å². The van der Waals surface area contributed by atoms with Gasteiger partial charge in [-0.25, -0.2) is 0 Å². The van der Waals surface area contributed by atoms with E-state index in [1.165, 1.54) is 12.5 Å². The third kappa shape index (κ3) is 3.13. The van der Waals surface area contributed by atoms with E-state index < -0.39 is 29.1 Å². The van der Waals surface area contributed by atoms with Crippen molar-refractivity contribution in [1.29, 1.82) is 0 Å². The summed E-state index contributed by atoms with van der Waals surface area (Å²) in [6.45, 7) is 7.36. The zero-order chi connectivity index (χ0) is 20.8. The monoisotopic (exact) mass is 388 g/mol. The van der Waals surface area contributed by atoms with Crippen LogP contribution in [0.15, 0.2) is 33.6 Å². The molecule has 3 atom stereocenters. The standard InChI is InChI=1S/C22H28O6/c1-11-7-8-22(4)17(12(11)2)16(24)10-15-18(22)21(27)20(26)14(19(15)25)6-5-9-28-13(3)23/h16-17,24-25H,5-10H2,1-4H3. The number of aliphatic hydroxyl groups is 2. The molecule has 0 heterocycles. The van der Waals surface area contributed by atoms with Crippen molar-refractivity contribution in [2.75, 3.05) is 6.61 Å². The lowest BCUT2D eigenvalue weighted by Crippen LogP contribution is -2.49. The quantitative estimate of drug-likeness (QED) is 0.252. The molecule has 2 N–H and O–H groups in total. The molecule has 0 aromatic heterocycles. The Balaban J connectivity index is 2.01. The molecular formula is C22H28O6. The van der Waals surface area contributed by atoms with Crippen molar-refractivity contribution in [3.05, 3.63) is 33.6 Å². The minimum absolute atomic E-state index is 0.0596. The lowest BCUT2D eigenvalue weighted by atomic mass is 9.53. The van der Waals surface area contributed by atoms with E-state index in [4.69, 9.17) is 4.74 Å². The summed E-state index contributed by atoms with van der Waals surface area (Å²) in [4.78, 5) is 36.7. The summed E-state index contributed by atoms with van der Waals surface area (Å²) >= 11 is 0. The Kier molecular flexibility index (Phi) is 5.36. The molecule has 3 unspecified atom stereocenters. The first-order valence-electron chi connectivity index (χ1n) is 9.82. The average molecular weight is 388 g/mol. The van der Waals surface area contributed by atoms with Gasteiger partial charge in [0.2, 0.25) is 11.6 Å². The predicted molar refractivity (Wildman–Crippen MR) is 102 cm³/mol. The summed E-state index contributed by atoms with van der Waals surface area (Å²) < 4.78 is 4.87. The maximum Gasteiger partial charge on any atom is 0.302 e. The van der Waals surface area contributed by atoms with E-state index in [0.29, 0.717) is 24.0 Å². The number of esters is 1. The second kappa shape index (κ2) is 7.32. The average Bonchev–Trinajstić information content (AvgIpc) is 2.62. The molecule has 0 saturated heterocycles. The number of rotatable bonds is 4. The van der Waals surface area contributed by atoms with Crippen LogP contribution in [0.1, 0.15) is 59.8 Å². The van der Waals surface area contributed by atoms with Crippen molar-refractivity contribution >= 4 is 17.5 Å². The second-order valence-electron chi connectivity index (χ2n) is 8.41. The molecule has 152 valence electrons. The lowest BCUT2D eigenvalue weighted by Gasteiger charge is -2.50. The number of aliphatic hydroxyl groups excluding tert-OH is 2. The van der Waals surface area contributed by atoms with Gasteiger partial charge < -0.3 is 14.9 Å². The summed E-state index contributed by atoms with van der Waals surface area (Å²) in [7, 11) is 0. The smallest absolute Gasteiger partial charge is 0.302 e. The van der Waals surface area contributed by atoms with Crippen molar-refractivity contribution in [3.63, 3.8) is 0 Å². The number of hydrogen-bond acceptors (Lipinski definition) is 6. The minimum Gasteiger partial charge on any atom is -0.507 e. The van der Waals surface area contributed by atoms with Crippen LogP contribution < -0.4 is 0 Å². The van der Waals surface area contributed by atoms with Crippen LogP contribution in [0.2, 0.25) is 0 Å². The van der Waals surface area contributed by atoms with Crippen LogP contribution in [0.25, 0.3) is 0 Å². The van der Waals surface area contributed by atoms with E-state index in [9.17, 15) is 24.6 Å². The van der Waals surface area contributed by atoms with Gasteiger partial charge in [0.15, 0.2) is 0 Å². The van der Waals surface area contributed by atoms with Crippen LogP contribution >= 0.6 is 0 Å². The van der Waals surface area contributed by atoms with Gasteiger partial charge in [-0.15, -0.1) is 0 Å². The Hall–Kier alpha value is -2.21. The molecule has 6 heteroatoms. The van der Waals surface area contributed by atoms with Gasteiger partial charge in [-0.05, 0) is 39.5 Å². The van der Waals surface area contributed by atoms with Crippen LogP contribution in [-0.4, -0.2) is 40.5 Å². The summed E-state index contributed by atoms with van der Waals surface area (Å²) in [6, 6.07) is 0. The highest BCUT2D eigenvalue weighted by Gasteiger charge is 2.54. The maximum atomic E-state index is 13.1. The molecule has 0 aromatic carbocycles. The van der Waals surface area contributed by atoms with Gasteiger partial charge in [-0.2, -0.15) is 0 Å². The second-order valence-corrected chi connectivity index (χ2v) is 8.41. The first-order valence-corrected chi connectivity index (χ1v) is 9.82. The van der Waals surface area contributed by atoms with Crippen LogP contribution in [0, 0.1) is 11.3 Å². The topological polar surface area (TPSA) is 101 Å². The van der Waals surface area contributed by atoms with Gasteiger partial charge in [-0.1, -0.05) is 18.1 Å². The molecule has 0 spiro atoms. The van der Waals surface area contributed by atoms with Crippen molar-refractivity contribution in [2.45, 2.75) is 65.9 Å². The molecule has 3 rings (SSSR count). The molecule has 0 aliphatic heterocycles. The van der Waals surface area contributed by atoms with Crippen LogP contribution in [-0.2, 0) is 19.1 Å². The highest BCUT2D eigenvalue weighted by Crippen LogP contribution is 2.57. The number of hydrogen-bond donors (Lipinski definition) is 2. The molecule has 0 aromatic rings. The molecular weight excluding hydrogens is 360 g/mol. The van der Waals surface area contributed by atoms with E-state index in [0.717, 1.165) is 12.0 Å². The number of Topliss-reactive ketones (excluding diaryl/α,β-unsaturated/α-hetero) is 2. The zero-order valence-corrected chi connectivity index (χ0v) is 16.9. The fraction of sp³-hybridized carbons (Fsp3) is 0.591. The van der Waals surface area contributed by atoms with E-state index in [1.807, 2.05) is 20.8 Å². The number of ketones is 2. The van der Waals surface area contributed by atoms with Crippen molar-refractivity contribution in [2.24, 2.45) is 11.3 Å². The summed E-state index contributed by atoms with van der Waals surface area (Å²) in [6.07, 6.45) is 1.37. The number of carbonyl (C=O) groups is 3. The van der Waals surface area contributed by atoms with Crippen LogP contribution in [0.4, 0.5) is 0 Å². The number of fused-ring (bicyclic) bond motifs is 2. The molecule has 0 saturated carbocycles. The van der Waals surface area contributed by atoms with Crippen molar-refractivity contribution in [3.8, 4) is 0 Å². The zero-order valence-electron chi connectivity index (χ0n) is 16.9. The Morgan fingerprint density at radius 2 is 1.93 bits per heavy atom. The van der Waals surface area contributed by atoms with Crippen molar-refractivity contribution in [1.82, 2.24) is 0 Å². The first-order chi connectivity index (χ1) is 13.1. The lowest BCUT2D eigenvalue weighted by molar-refractivity contribution is -0.141. The molecule has 0 bridgehead atoms. The van der Waals surface area contributed by atoms with Gasteiger partial charge in [0.1, 0.15) is 5.76 Å². The van der Waals surface area contributed by atoms with Gasteiger partial charge in [0.25, 0.3) is 0 Å². The maximum absolute atomic E-state index is 13.1. The van der Waals surface area contributed by atoms with Gasteiger partial charge in [0.05, 0.1) is 12.7 Å². The number of allylic oxidation sites excluding steroid dienone is 4. The SMILES string of the molecule is CC(=O)OCCCC1=C(O)C2=C(C(=O)C1=O)C1(C)CCC(C)=C(C)C1C(O)C2. The fourth-order valence-electron chi connectivity index (χ4n) is 5.16. The highest BCUT2D eigenvalue weighted by atomic mass is 16.5. The molecule has 3 aliphatic rings. The summed E-state index contributed by atoms with van der Waals surface area (Å²) in [5, 5.41) is 21.7. The van der Waals surface area contributed by atoms with Crippen LogP contribution in [0.5, 0.6) is 0 Å². The largest absolute Gasteiger partial charge is 0.507 e. The number of ether oxygens (including phenoxy) is 1. The highest BCUT2D eigenvalue weighted by molar-refractivity contribution is 6.50. The van der Waals surface area contributed by atoms with Crippen LogP contribution in [0.3, 0.4) is 0 Å². The summed E-state index contributed by atoms with van der Waals surface area (Å²) in [5.74, 6) is -2.07. The molecule has 0 radical (unpaired) electrons. The predicted octanol–water partition coefficient (Wildman–Crippen LogP) is 3.11. The van der Waals surface area contributed by atoms with E-state index in [-0.39, 0.29) is 36.7 Å². The van der Waals surface area contributed by atoms with Gasteiger partial charge in [0, 0.05) is 41.4 Å². The molecule has 3 aliphatic carbocycles. The fourth-order valence-corrected chi connectivity index (χ4v) is 5.16. The Bertz CT molecular complexity index is 843. The normalized spacial score (nSPS) is 30.5. The first kappa shape index (κ1) is 20.5. The third-order valence-electron chi connectivity index (χ3n) is 6.67. The molecule has 0 amide bonds. The summed E-state index contributed by atoms with van der Waals surface area (Å²) in [5.41, 5.74) is 2.46. The molecule has 28 heavy (non-hydrogen) atoms. The Morgan fingerprint density at radius 1 is 1.25 bits per heavy atom. The molecule has 0 fully saturated rings.